The van der Waals surface area contributed by atoms with Crippen LogP contribution in [0.2, 0.25) is 0 Å². The highest BCUT2D eigenvalue weighted by Crippen LogP contribution is 2.36. The molecule has 0 heterocycles. The Bertz CT molecular complexity index is 1170. The highest BCUT2D eigenvalue weighted by molar-refractivity contribution is 6.25. The van der Waals surface area contributed by atoms with Gasteiger partial charge in [0.2, 0.25) is 0 Å². The standard InChI is InChI=1S/C26H22/c1-4-19(14-13-18(2)3)20-15-16-25-23-11-6-5-9-21(23)22-10-7-8-12-24(22)26(25)17-20/h4-17H,2H2,1,3H3/b14-13-,19-4+. The van der Waals surface area contributed by atoms with Crippen molar-refractivity contribution < 1.29 is 0 Å². The van der Waals surface area contributed by atoms with Gasteiger partial charge >= 0.3 is 0 Å². The minimum absolute atomic E-state index is 1.06. The maximum atomic E-state index is 3.97. The normalized spacial score (nSPS) is 12.5. The van der Waals surface area contributed by atoms with Crippen LogP contribution in [0, 0.1) is 0 Å². The van der Waals surface area contributed by atoms with E-state index in [9.17, 15) is 0 Å². The summed E-state index contributed by atoms with van der Waals surface area (Å²) in [5.74, 6) is 0. The quantitative estimate of drug-likeness (QED) is 0.266. The van der Waals surface area contributed by atoms with E-state index in [-0.39, 0.29) is 0 Å². The van der Waals surface area contributed by atoms with E-state index in [1.807, 2.05) is 6.92 Å². The zero-order valence-electron chi connectivity index (χ0n) is 15.3. The van der Waals surface area contributed by atoms with Gasteiger partial charge in [-0.25, -0.2) is 0 Å². The first-order valence-corrected chi connectivity index (χ1v) is 9.02. The van der Waals surface area contributed by atoms with E-state index in [1.165, 1.54) is 43.5 Å². The van der Waals surface area contributed by atoms with Crippen LogP contribution in [0.3, 0.4) is 0 Å². The lowest BCUT2D eigenvalue weighted by Gasteiger charge is -2.12. The second kappa shape index (κ2) is 6.65. The maximum Gasteiger partial charge on any atom is -0.00928 e. The molecule has 0 unspecified atom stereocenters. The molecule has 0 aromatic heterocycles. The summed E-state index contributed by atoms with van der Waals surface area (Å²) >= 11 is 0. The summed E-state index contributed by atoms with van der Waals surface area (Å²) in [6.07, 6.45) is 6.37. The van der Waals surface area contributed by atoms with Crippen LogP contribution in [0.4, 0.5) is 0 Å². The minimum Gasteiger partial charge on any atom is -0.0961 e. The van der Waals surface area contributed by atoms with Crippen LogP contribution in [0.1, 0.15) is 19.4 Å². The summed E-state index contributed by atoms with van der Waals surface area (Å²) in [7, 11) is 0. The maximum absolute atomic E-state index is 3.97. The van der Waals surface area contributed by atoms with E-state index in [1.54, 1.807) is 0 Å². The number of hydrogen-bond acceptors (Lipinski definition) is 0. The van der Waals surface area contributed by atoms with Crippen molar-refractivity contribution in [3.05, 3.63) is 103 Å². The zero-order valence-corrected chi connectivity index (χ0v) is 15.3. The predicted octanol–water partition coefficient (Wildman–Crippen LogP) is 7.68. The molecule has 0 nitrogen and oxygen atoms in total. The third-order valence-corrected chi connectivity index (χ3v) is 4.94. The molecule has 0 bridgehead atoms. The Morgan fingerprint density at radius 1 is 0.692 bits per heavy atom. The molecule has 0 aliphatic heterocycles. The van der Waals surface area contributed by atoms with E-state index in [4.69, 9.17) is 0 Å². The summed E-state index contributed by atoms with van der Waals surface area (Å²) in [6.45, 7) is 8.07. The number of benzene rings is 4. The predicted molar refractivity (Wildman–Crippen MR) is 117 cm³/mol. The van der Waals surface area contributed by atoms with Crippen molar-refractivity contribution in [2.24, 2.45) is 0 Å². The minimum atomic E-state index is 1.06. The highest BCUT2D eigenvalue weighted by Gasteiger charge is 2.09. The fraction of sp³-hybridized carbons (Fsp3) is 0.0769. The monoisotopic (exact) mass is 334 g/mol. The molecule has 0 radical (unpaired) electrons. The Kier molecular flexibility index (Phi) is 4.18. The third kappa shape index (κ3) is 2.74. The van der Waals surface area contributed by atoms with Crippen LogP contribution in [0.5, 0.6) is 0 Å². The second-order valence-electron chi connectivity index (χ2n) is 6.78. The molecule has 126 valence electrons. The summed E-state index contributed by atoms with van der Waals surface area (Å²) < 4.78 is 0. The average Bonchev–Trinajstić information content (AvgIpc) is 2.68. The molecule has 0 aliphatic rings. The zero-order chi connectivity index (χ0) is 18.1. The summed E-state index contributed by atoms with van der Waals surface area (Å²) in [4.78, 5) is 0. The molecule has 4 rings (SSSR count). The Labute approximate surface area is 154 Å². The third-order valence-electron chi connectivity index (χ3n) is 4.94. The Morgan fingerprint density at radius 2 is 1.19 bits per heavy atom. The van der Waals surface area contributed by atoms with E-state index in [0.29, 0.717) is 0 Å². The molecule has 26 heavy (non-hydrogen) atoms. The largest absolute Gasteiger partial charge is 0.0961 e. The SMILES string of the molecule is C=C(C)/C=C\C(=C/C)c1ccc2c3ccccc3c3ccccc3c2c1. The number of allylic oxidation sites excluding steroid dienone is 5. The summed E-state index contributed by atoms with van der Waals surface area (Å²) in [6, 6.07) is 24.2. The van der Waals surface area contributed by atoms with Crippen molar-refractivity contribution in [3.63, 3.8) is 0 Å². The molecule has 0 atom stereocenters. The lowest BCUT2D eigenvalue weighted by molar-refractivity contribution is 1.55. The Hall–Kier alpha value is -3.12. The molecular formula is C26H22. The van der Waals surface area contributed by atoms with Crippen molar-refractivity contribution in [2.75, 3.05) is 0 Å². The lowest BCUT2D eigenvalue weighted by Crippen LogP contribution is -1.86. The van der Waals surface area contributed by atoms with Gasteiger partial charge in [-0.2, -0.15) is 0 Å². The van der Waals surface area contributed by atoms with Gasteiger partial charge in [-0.1, -0.05) is 91.0 Å². The first kappa shape index (κ1) is 16.4. The van der Waals surface area contributed by atoms with Gasteiger partial charge in [-0.05, 0) is 63.4 Å². The van der Waals surface area contributed by atoms with Crippen LogP contribution >= 0.6 is 0 Å². The van der Waals surface area contributed by atoms with Crippen LogP contribution < -0.4 is 0 Å². The second-order valence-corrected chi connectivity index (χ2v) is 6.78. The van der Waals surface area contributed by atoms with Crippen molar-refractivity contribution in [1.29, 1.82) is 0 Å². The molecule has 0 N–H and O–H groups in total. The first-order chi connectivity index (χ1) is 12.7. The van der Waals surface area contributed by atoms with Gasteiger partial charge in [0.05, 0.1) is 0 Å². The topological polar surface area (TPSA) is 0 Å². The summed E-state index contributed by atoms with van der Waals surface area (Å²) in [5, 5.41) is 7.86. The van der Waals surface area contributed by atoms with Crippen molar-refractivity contribution in [1.82, 2.24) is 0 Å². The van der Waals surface area contributed by atoms with Crippen LogP contribution in [0.15, 0.2) is 97.1 Å². The first-order valence-electron chi connectivity index (χ1n) is 9.02. The van der Waals surface area contributed by atoms with Gasteiger partial charge < -0.3 is 0 Å². The van der Waals surface area contributed by atoms with Crippen molar-refractivity contribution >= 4 is 37.9 Å². The molecule has 4 aromatic rings. The van der Waals surface area contributed by atoms with Gasteiger partial charge in [0.25, 0.3) is 0 Å². The molecule has 0 saturated heterocycles. The van der Waals surface area contributed by atoms with Crippen molar-refractivity contribution in [2.45, 2.75) is 13.8 Å². The number of rotatable bonds is 3. The molecule has 0 aliphatic carbocycles. The molecular weight excluding hydrogens is 312 g/mol. The molecule has 0 spiro atoms. The van der Waals surface area contributed by atoms with Gasteiger partial charge in [0.1, 0.15) is 0 Å². The highest BCUT2D eigenvalue weighted by atomic mass is 14.1. The lowest BCUT2D eigenvalue weighted by atomic mass is 9.92. The van der Waals surface area contributed by atoms with Crippen LogP contribution in [0.25, 0.3) is 37.9 Å². The number of hydrogen-bond donors (Lipinski definition) is 0. The van der Waals surface area contributed by atoms with Gasteiger partial charge in [-0.15, -0.1) is 0 Å². The number of fused-ring (bicyclic) bond motifs is 6. The fourth-order valence-corrected chi connectivity index (χ4v) is 3.68. The molecule has 0 fully saturated rings. The van der Waals surface area contributed by atoms with Gasteiger partial charge in [-0.3, -0.25) is 0 Å². The Balaban J connectivity index is 2.06. The summed E-state index contributed by atoms with van der Waals surface area (Å²) in [5.41, 5.74) is 3.51. The van der Waals surface area contributed by atoms with E-state index >= 15 is 0 Å². The van der Waals surface area contributed by atoms with Crippen LogP contribution in [-0.4, -0.2) is 0 Å². The smallest absolute Gasteiger partial charge is 0.00928 e. The molecule has 0 saturated carbocycles. The van der Waals surface area contributed by atoms with E-state index < -0.39 is 0 Å². The molecule has 0 heteroatoms. The van der Waals surface area contributed by atoms with E-state index in [0.717, 1.165) is 5.57 Å². The van der Waals surface area contributed by atoms with Gasteiger partial charge in [0.15, 0.2) is 0 Å². The van der Waals surface area contributed by atoms with Crippen molar-refractivity contribution in [3.8, 4) is 0 Å². The van der Waals surface area contributed by atoms with Gasteiger partial charge in [0, 0.05) is 0 Å². The molecule has 0 amide bonds. The fourth-order valence-electron chi connectivity index (χ4n) is 3.68. The average molecular weight is 334 g/mol. The van der Waals surface area contributed by atoms with Crippen LogP contribution in [-0.2, 0) is 0 Å². The Morgan fingerprint density at radius 3 is 1.69 bits per heavy atom. The van der Waals surface area contributed by atoms with E-state index in [2.05, 4.69) is 98.5 Å². The molecule has 4 aromatic carbocycles.